The third kappa shape index (κ3) is 5.58. The Morgan fingerprint density at radius 3 is 2.36 bits per heavy atom. The summed E-state index contributed by atoms with van der Waals surface area (Å²) in [5.41, 5.74) is 10.5. The first-order chi connectivity index (χ1) is 16.0. The van der Waals surface area contributed by atoms with Crippen LogP contribution in [0.2, 0.25) is 0 Å². The summed E-state index contributed by atoms with van der Waals surface area (Å²) in [6, 6.07) is 18.7. The summed E-state index contributed by atoms with van der Waals surface area (Å²) in [6.07, 6.45) is 3.89. The minimum atomic E-state index is -3.34. The molecule has 0 unspecified atom stereocenters. The number of hydrogen-bond acceptors (Lipinski definition) is 6. The zero-order chi connectivity index (χ0) is 23.3. The van der Waals surface area contributed by atoms with E-state index in [1.165, 1.54) is 21.8 Å². The number of nitrogens with one attached hydrogen (secondary N) is 1. The van der Waals surface area contributed by atoms with Crippen molar-refractivity contribution in [1.29, 1.82) is 0 Å². The fourth-order valence-corrected chi connectivity index (χ4v) is 5.08. The van der Waals surface area contributed by atoms with Gasteiger partial charge in [-0.15, -0.1) is 0 Å². The molecule has 8 heteroatoms. The standard InChI is InChI=1S/C25H29N5O2S/c1-2-33(31,32)30-14-12-21(13-15-30)17-27-25-23(24(26)28-18-29-25)22-10-8-20(9-11-22)16-19-6-4-3-5-7-19/h2-11,18,21H,1,12-17H2,(H3,26,27,28,29). The Morgan fingerprint density at radius 1 is 1.03 bits per heavy atom. The maximum atomic E-state index is 12.0. The molecule has 1 aliphatic rings. The number of nitrogens with two attached hydrogens (primary N) is 1. The number of nitrogen functional groups attached to an aromatic ring is 1. The molecule has 1 fully saturated rings. The van der Waals surface area contributed by atoms with Gasteiger partial charge in [-0.3, -0.25) is 0 Å². The summed E-state index contributed by atoms with van der Waals surface area (Å²) in [5.74, 6) is 1.47. The molecule has 0 saturated carbocycles. The summed E-state index contributed by atoms with van der Waals surface area (Å²) in [5, 5.41) is 4.45. The van der Waals surface area contributed by atoms with Crippen molar-refractivity contribution >= 4 is 21.7 Å². The van der Waals surface area contributed by atoms with E-state index in [1.807, 2.05) is 18.2 Å². The van der Waals surface area contributed by atoms with Crippen LogP contribution in [0, 0.1) is 5.92 Å². The lowest BCUT2D eigenvalue weighted by molar-refractivity contribution is 0.284. The Labute approximate surface area is 195 Å². The zero-order valence-electron chi connectivity index (χ0n) is 18.5. The second kappa shape index (κ2) is 10.1. The van der Waals surface area contributed by atoms with Gasteiger partial charge in [0.2, 0.25) is 10.0 Å². The first kappa shape index (κ1) is 22.9. The molecule has 1 aromatic heterocycles. The van der Waals surface area contributed by atoms with Gasteiger partial charge in [0.05, 0.1) is 5.56 Å². The smallest absolute Gasteiger partial charge is 0.235 e. The predicted molar refractivity (Wildman–Crippen MR) is 133 cm³/mol. The van der Waals surface area contributed by atoms with Crippen molar-refractivity contribution in [1.82, 2.24) is 14.3 Å². The van der Waals surface area contributed by atoms with Gasteiger partial charge < -0.3 is 11.1 Å². The molecular formula is C25H29N5O2S. The molecule has 2 aromatic carbocycles. The highest BCUT2D eigenvalue weighted by atomic mass is 32.2. The fourth-order valence-electron chi connectivity index (χ4n) is 4.15. The van der Waals surface area contributed by atoms with Gasteiger partial charge in [0.25, 0.3) is 0 Å². The third-order valence-corrected chi connectivity index (χ3v) is 7.58. The van der Waals surface area contributed by atoms with Crippen LogP contribution in [-0.4, -0.2) is 42.3 Å². The number of benzene rings is 2. The van der Waals surface area contributed by atoms with E-state index in [4.69, 9.17) is 5.73 Å². The Morgan fingerprint density at radius 2 is 1.70 bits per heavy atom. The highest BCUT2D eigenvalue weighted by Crippen LogP contribution is 2.31. The SMILES string of the molecule is C=CS(=O)(=O)N1CCC(CNc2ncnc(N)c2-c2ccc(Cc3ccccc3)cc2)CC1. The molecule has 172 valence electrons. The highest BCUT2D eigenvalue weighted by molar-refractivity contribution is 7.92. The van der Waals surface area contributed by atoms with E-state index in [-0.39, 0.29) is 0 Å². The summed E-state index contributed by atoms with van der Waals surface area (Å²) in [7, 11) is -3.34. The summed E-state index contributed by atoms with van der Waals surface area (Å²) >= 11 is 0. The van der Waals surface area contributed by atoms with E-state index >= 15 is 0 Å². The molecule has 7 nitrogen and oxygen atoms in total. The molecule has 0 spiro atoms. The second-order valence-electron chi connectivity index (χ2n) is 8.28. The summed E-state index contributed by atoms with van der Waals surface area (Å²) in [6.45, 7) is 5.10. The number of rotatable bonds is 8. The van der Waals surface area contributed by atoms with E-state index in [0.717, 1.165) is 35.8 Å². The number of anilines is 2. The van der Waals surface area contributed by atoms with Gasteiger partial charge in [-0.25, -0.2) is 18.4 Å². The lowest BCUT2D eigenvalue weighted by Crippen LogP contribution is -2.38. The molecule has 0 aliphatic carbocycles. The minimum absolute atomic E-state index is 0.346. The third-order valence-electron chi connectivity index (χ3n) is 6.07. The van der Waals surface area contributed by atoms with Gasteiger partial charge in [0.1, 0.15) is 18.0 Å². The van der Waals surface area contributed by atoms with Crippen molar-refractivity contribution < 1.29 is 8.42 Å². The molecule has 33 heavy (non-hydrogen) atoms. The van der Waals surface area contributed by atoms with Gasteiger partial charge in [0.15, 0.2) is 0 Å². The van der Waals surface area contributed by atoms with Gasteiger partial charge >= 0.3 is 0 Å². The van der Waals surface area contributed by atoms with E-state index in [0.29, 0.717) is 37.2 Å². The Balaban J connectivity index is 1.43. The largest absolute Gasteiger partial charge is 0.383 e. The first-order valence-electron chi connectivity index (χ1n) is 11.1. The van der Waals surface area contributed by atoms with Crippen LogP contribution in [0.3, 0.4) is 0 Å². The Bertz CT molecular complexity index is 1190. The van der Waals surface area contributed by atoms with Crippen molar-refractivity contribution in [3.05, 3.63) is 84.0 Å². The monoisotopic (exact) mass is 463 g/mol. The van der Waals surface area contributed by atoms with Gasteiger partial charge in [-0.2, -0.15) is 4.31 Å². The number of piperidine rings is 1. The molecule has 4 rings (SSSR count). The molecule has 3 N–H and O–H groups in total. The molecule has 0 radical (unpaired) electrons. The summed E-state index contributed by atoms with van der Waals surface area (Å²) < 4.78 is 25.4. The Kier molecular flexibility index (Phi) is 7.05. The molecular weight excluding hydrogens is 434 g/mol. The minimum Gasteiger partial charge on any atom is -0.383 e. The van der Waals surface area contributed by atoms with Crippen LogP contribution in [0.4, 0.5) is 11.6 Å². The molecule has 1 saturated heterocycles. The predicted octanol–water partition coefficient (Wildman–Crippen LogP) is 3.91. The van der Waals surface area contributed by atoms with Crippen LogP contribution in [0.5, 0.6) is 0 Å². The molecule has 1 aliphatic heterocycles. The van der Waals surface area contributed by atoms with Crippen LogP contribution >= 0.6 is 0 Å². The van der Waals surface area contributed by atoms with Crippen LogP contribution in [0.25, 0.3) is 11.1 Å². The summed E-state index contributed by atoms with van der Waals surface area (Å²) in [4.78, 5) is 8.63. The van der Waals surface area contributed by atoms with Crippen molar-refractivity contribution in [3.63, 3.8) is 0 Å². The van der Waals surface area contributed by atoms with Gasteiger partial charge in [-0.1, -0.05) is 61.2 Å². The number of aromatic nitrogens is 2. The van der Waals surface area contributed by atoms with E-state index in [1.54, 1.807) is 0 Å². The normalized spacial score (nSPS) is 15.3. The van der Waals surface area contributed by atoms with Crippen molar-refractivity contribution in [3.8, 4) is 11.1 Å². The average Bonchev–Trinajstić information content (AvgIpc) is 2.84. The second-order valence-corrected chi connectivity index (χ2v) is 10.2. The van der Waals surface area contributed by atoms with Crippen LogP contribution in [0.1, 0.15) is 24.0 Å². The van der Waals surface area contributed by atoms with Crippen molar-refractivity contribution in [2.24, 2.45) is 5.92 Å². The zero-order valence-corrected chi connectivity index (χ0v) is 19.3. The fraction of sp³-hybridized carbons (Fsp3) is 0.280. The lowest BCUT2D eigenvalue weighted by atomic mass is 9.97. The maximum Gasteiger partial charge on any atom is 0.235 e. The first-order valence-corrected chi connectivity index (χ1v) is 12.6. The van der Waals surface area contributed by atoms with Gasteiger partial charge in [-0.05, 0) is 41.9 Å². The lowest BCUT2D eigenvalue weighted by Gasteiger charge is -2.30. The van der Waals surface area contributed by atoms with Crippen molar-refractivity contribution in [2.45, 2.75) is 19.3 Å². The molecule has 0 amide bonds. The van der Waals surface area contributed by atoms with Crippen molar-refractivity contribution in [2.75, 3.05) is 30.7 Å². The van der Waals surface area contributed by atoms with Crippen LogP contribution in [0.15, 0.2) is 72.9 Å². The molecule has 0 atom stereocenters. The van der Waals surface area contributed by atoms with Crippen LogP contribution in [-0.2, 0) is 16.4 Å². The Hall–Kier alpha value is -3.23. The number of nitrogens with zero attached hydrogens (tertiary/aromatic N) is 3. The molecule has 3 aromatic rings. The average molecular weight is 464 g/mol. The topological polar surface area (TPSA) is 101 Å². The quantitative estimate of drug-likeness (QED) is 0.525. The van der Waals surface area contributed by atoms with E-state index in [9.17, 15) is 8.42 Å². The van der Waals surface area contributed by atoms with E-state index in [2.05, 4.69) is 58.3 Å². The van der Waals surface area contributed by atoms with E-state index < -0.39 is 10.0 Å². The molecule has 2 heterocycles. The molecule has 0 bridgehead atoms. The van der Waals surface area contributed by atoms with Gasteiger partial charge in [0, 0.05) is 25.0 Å². The number of hydrogen-bond donors (Lipinski definition) is 2. The van der Waals surface area contributed by atoms with Crippen LogP contribution < -0.4 is 11.1 Å². The highest BCUT2D eigenvalue weighted by Gasteiger charge is 2.26. The number of sulfonamides is 1. The maximum absolute atomic E-state index is 12.0.